The van der Waals surface area contributed by atoms with E-state index in [9.17, 15) is 4.79 Å². The summed E-state index contributed by atoms with van der Waals surface area (Å²) in [6.07, 6.45) is 3.08. The molecule has 0 unspecified atom stereocenters. The predicted molar refractivity (Wildman–Crippen MR) is 63.9 cm³/mol. The van der Waals surface area contributed by atoms with Gasteiger partial charge in [-0.2, -0.15) is 5.10 Å². The highest BCUT2D eigenvalue weighted by Crippen LogP contribution is 2.25. The third-order valence-electron chi connectivity index (χ3n) is 2.81. The number of fused-ring (bicyclic) bond motifs is 1. The van der Waals surface area contributed by atoms with Crippen molar-refractivity contribution in [2.45, 2.75) is 12.8 Å². The van der Waals surface area contributed by atoms with E-state index in [1.807, 2.05) is 28.9 Å². The van der Waals surface area contributed by atoms with Gasteiger partial charge in [0.2, 0.25) is 0 Å². The van der Waals surface area contributed by atoms with Gasteiger partial charge in [0.25, 0.3) is 0 Å². The molecule has 0 aliphatic heterocycles. The lowest BCUT2D eigenvalue weighted by Crippen LogP contribution is -2.00. The van der Waals surface area contributed by atoms with Crippen LogP contribution in [-0.2, 0) is 6.42 Å². The van der Waals surface area contributed by atoms with E-state index in [-0.39, 0.29) is 5.78 Å². The van der Waals surface area contributed by atoms with Gasteiger partial charge in [0, 0.05) is 10.9 Å². The van der Waals surface area contributed by atoms with E-state index < -0.39 is 0 Å². The number of hydrogen-bond acceptors (Lipinski definition) is 2. The Hall–Kier alpha value is -1.42. The van der Waals surface area contributed by atoms with Crippen LogP contribution in [0.3, 0.4) is 0 Å². The van der Waals surface area contributed by atoms with E-state index in [0.29, 0.717) is 6.42 Å². The Morgan fingerprint density at radius 1 is 1.31 bits per heavy atom. The molecular formula is C12H9BrN2O. The van der Waals surface area contributed by atoms with Gasteiger partial charge in [-0.25, -0.2) is 4.68 Å². The minimum Gasteiger partial charge on any atom is -0.294 e. The van der Waals surface area contributed by atoms with E-state index in [4.69, 9.17) is 0 Å². The van der Waals surface area contributed by atoms with Crippen LogP contribution in [0.15, 0.2) is 34.9 Å². The molecule has 0 amide bonds. The van der Waals surface area contributed by atoms with E-state index in [0.717, 1.165) is 27.8 Å². The van der Waals surface area contributed by atoms with Crippen LogP contribution in [0.2, 0.25) is 0 Å². The Labute approximate surface area is 101 Å². The van der Waals surface area contributed by atoms with Crippen LogP contribution in [0.1, 0.15) is 22.5 Å². The lowest BCUT2D eigenvalue weighted by Gasteiger charge is -2.05. The molecule has 0 saturated carbocycles. The van der Waals surface area contributed by atoms with Crippen molar-refractivity contribution in [3.63, 3.8) is 0 Å². The molecule has 0 atom stereocenters. The highest BCUT2D eigenvalue weighted by molar-refractivity contribution is 9.10. The zero-order valence-electron chi connectivity index (χ0n) is 8.48. The van der Waals surface area contributed by atoms with Crippen molar-refractivity contribution in [2.75, 3.05) is 0 Å². The van der Waals surface area contributed by atoms with Crippen LogP contribution in [0, 0.1) is 0 Å². The number of aromatic nitrogens is 2. The quantitative estimate of drug-likeness (QED) is 0.803. The summed E-state index contributed by atoms with van der Waals surface area (Å²) in [5.74, 6) is 0.205. The molecule has 0 spiro atoms. The number of nitrogens with zero attached hydrogens (tertiary/aromatic N) is 2. The molecule has 0 saturated heterocycles. The van der Waals surface area contributed by atoms with Crippen LogP contribution in [0.4, 0.5) is 0 Å². The Morgan fingerprint density at radius 3 is 3.00 bits per heavy atom. The maximum atomic E-state index is 11.5. The van der Waals surface area contributed by atoms with Gasteiger partial charge in [-0.05, 0) is 24.6 Å². The van der Waals surface area contributed by atoms with Crippen LogP contribution in [0.5, 0.6) is 0 Å². The average Bonchev–Trinajstić information content (AvgIpc) is 2.82. The maximum Gasteiger partial charge on any atom is 0.166 e. The van der Waals surface area contributed by atoms with Crippen molar-refractivity contribution in [1.29, 1.82) is 0 Å². The average molecular weight is 277 g/mol. The van der Waals surface area contributed by atoms with E-state index in [1.165, 1.54) is 0 Å². The number of Topliss-reactive ketones (excluding diaryl/α,β-unsaturated/α-hetero) is 1. The number of carbonyl (C=O) groups is 1. The lowest BCUT2D eigenvalue weighted by molar-refractivity contribution is 0.0994. The van der Waals surface area contributed by atoms with Crippen molar-refractivity contribution in [3.05, 3.63) is 46.2 Å². The number of halogens is 1. The molecule has 0 radical (unpaired) electrons. The minimum absolute atomic E-state index is 0.205. The second kappa shape index (κ2) is 3.56. The van der Waals surface area contributed by atoms with Gasteiger partial charge < -0.3 is 0 Å². The Kier molecular flexibility index (Phi) is 2.17. The summed E-state index contributed by atoms with van der Waals surface area (Å²) in [7, 11) is 0. The predicted octanol–water partition coefficient (Wildman–Crippen LogP) is 2.76. The maximum absolute atomic E-state index is 11.5. The number of carbonyl (C=O) groups excluding carboxylic acids is 1. The first-order valence-electron chi connectivity index (χ1n) is 5.12. The van der Waals surface area contributed by atoms with Gasteiger partial charge in [0.05, 0.1) is 23.1 Å². The van der Waals surface area contributed by atoms with E-state index >= 15 is 0 Å². The Balaban J connectivity index is 2.15. The summed E-state index contributed by atoms with van der Waals surface area (Å²) in [5.41, 5.74) is 2.80. The van der Waals surface area contributed by atoms with Gasteiger partial charge in [-0.3, -0.25) is 4.79 Å². The monoisotopic (exact) mass is 276 g/mol. The number of ketones is 1. The fourth-order valence-corrected chi connectivity index (χ4v) is 2.43. The molecule has 1 aromatic heterocycles. The zero-order chi connectivity index (χ0) is 11.1. The summed E-state index contributed by atoms with van der Waals surface area (Å²) in [6, 6.07) is 7.92. The summed E-state index contributed by atoms with van der Waals surface area (Å²) in [5, 5.41) is 4.27. The first kappa shape index (κ1) is 9.78. The van der Waals surface area contributed by atoms with Crippen LogP contribution in [-0.4, -0.2) is 15.6 Å². The Morgan fingerprint density at radius 2 is 2.19 bits per heavy atom. The van der Waals surface area contributed by atoms with Crippen LogP contribution in [0.25, 0.3) is 5.69 Å². The third kappa shape index (κ3) is 1.41. The topological polar surface area (TPSA) is 34.9 Å². The fourth-order valence-electron chi connectivity index (χ4n) is 2.04. The SMILES string of the molecule is O=C1CCc2c1cnn2-c1cccc(Br)c1. The number of hydrogen-bond donors (Lipinski definition) is 0. The fraction of sp³-hybridized carbons (Fsp3) is 0.167. The van der Waals surface area contributed by atoms with Gasteiger partial charge in [-0.15, -0.1) is 0 Å². The molecule has 3 rings (SSSR count). The summed E-state index contributed by atoms with van der Waals surface area (Å²) in [4.78, 5) is 11.5. The minimum atomic E-state index is 0.205. The second-order valence-corrected chi connectivity index (χ2v) is 4.74. The van der Waals surface area contributed by atoms with E-state index in [2.05, 4.69) is 21.0 Å². The molecule has 1 aromatic carbocycles. The van der Waals surface area contributed by atoms with Gasteiger partial charge >= 0.3 is 0 Å². The molecule has 1 heterocycles. The molecule has 4 heteroatoms. The van der Waals surface area contributed by atoms with Gasteiger partial charge in [0.15, 0.2) is 5.78 Å². The first-order valence-corrected chi connectivity index (χ1v) is 5.91. The standard InChI is InChI=1S/C12H9BrN2O/c13-8-2-1-3-9(6-8)15-11-4-5-12(16)10(11)7-14-15/h1-3,6-7H,4-5H2. The van der Waals surface area contributed by atoms with Gasteiger partial charge in [0.1, 0.15) is 0 Å². The Bertz CT molecular complexity index is 574. The van der Waals surface area contributed by atoms with Crippen LogP contribution >= 0.6 is 15.9 Å². The summed E-state index contributed by atoms with van der Waals surface area (Å²) < 4.78 is 2.86. The highest BCUT2D eigenvalue weighted by Gasteiger charge is 2.24. The highest BCUT2D eigenvalue weighted by atomic mass is 79.9. The van der Waals surface area contributed by atoms with Crippen molar-refractivity contribution < 1.29 is 4.79 Å². The van der Waals surface area contributed by atoms with Crippen molar-refractivity contribution >= 4 is 21.7 Å². The largest absolute Gasteiger partial charge is 0.294 e. The smallest absolute Gasteiger partial charge is 0.166 e. The molecule has 0 bridgehead atoms. The molecule has 16 heavy (non-hydrogen) atoms. The zero-order valence-corrected chi connectivity index (χ0v) is 10.1. The normalized spacial score (nSPS) is 14.2. The number of rotatable bonds is 1. The molecule has 2 aromatic rings. The first-order chi connectivity index (χ1) is 7.75. The molecule has 0 fully saturated rings. The molecule has 0 N–H and O–H groups in total. The lowest BCUT2D eigenvalue weighted by atomic mass is 10.2. The summed E-state index contributed by atoms with van der Waals surface area (Å²) in [6.45, 7) is 0. The molecule has 3 nitrogen and oxygen atoms in total. The molecule has 1 aliphatic carbocycles. The molecular weight excluding hydrogens is 268 g/mol. The van der Waals surface area contributed by atoms with Gasteiger partial charge in [-0.1, -0.05) is 22.0 Å². The van der Waals surface area contributed by atoms with E-state index in [1.54, 1.807) is 6.20 Å². The van der Waals surface area contributed by atoms with Crippen LogP contribution < -0.4 is 0 Å². The second-order valence-electron chi connectivity index (χ2n) is 3.82. The molecule has 80 valence electrons. The third-order valence-corrected chi connectivity index (χ3v) is 3.30. The van der Waals surface area contributed by atoms with Crippen molar-refractivity contribution in [3.8, 4) is 5.69 Å². The molecule has 1 aliphatic rings. The van der Waals surface area contributed by atoms with Crippen molar-refractivity contribution in [2.24, 2.45) is 0 Å². The number of benzene rings is 1. The summed E-state index contributed by atoms with van der Waals surface area (Å²) >= 11 is 3.43. The van der Waals surface area contributed by atoms with Crippen molar-refractivity contribution in [1.82, 2.24) is 9.78 Å².